The van der Waals surface area contributed by atoms with Gasteiger partial charge in [-0.25, -0.2) is 0 Å². The summed E-state index contributed by atoms with van der Waals surface area (Å²) in [7, 11) is 1.82. The van der Waals surface area contributed by atoms with Crippen molar-refractivity contribution in [3.05, 3.63) is 18.0 Å². The Labute approximate surface area is 139 Å². The minimum atomic E-state index is -4.17. The molecule has 3 rings (SSSR count). The van der Waals surface area contributed by atoms with Gasteiger partial charge < -0.3 is 10.6 Å². The van der Waals surface area contributed by atoms with Gasteiger partial charge in [0.15, 0.2) is 0 Å². The van der Waals surface area contributed by atoms with Gasteiger partial charge in [0, 0.05) is 38.3 Å². The first-order valence-corrected chi connectivity index (χ1v) is 8.41. The fourth-order valence-corrected chi connectivity index (χ4v) is 3.86. The van der Waals surface area contributed by atoms with Crippen molar-refractivity contribution in [2.45, 2.75) is 43.8 Å². The highest BCUT2D eigenvalue weighted by Gasteiger charge is 2.43. The summed E-state index contributed by atoms with van der Waals surface area (Å²) in [6.07, 6.45) is 0.749. The van der Waals surface area contributed by atoms with Gasteiger partial charge in [0.05, 0.1) is 18.0 Å². The van der Waals surface area contributed by atoms with E-state index in [1.165, 1.54) is 0 Å². The van der Waals surface area contributed by atoms with Gasteiger partial charge in [0.1, 0.15) is 0 Å². The molecule has 1 amide bonds. The number of nitrogens with zero attached hydrogens (tertiary/aromatic N) is 2. The molecule has 0 bridgehead atoms. The van der Waals surface area contributed by atoms with Crippen LogP contribution < -0.4 is 10.6 Å². The van der Waals surface area contributed by atoms with Crippen LogP contribution in [-0.4, -0.2) is 41.0 Å². The summed E-state index contributed by atoms with van der Waals surface area (Å²) in [6, 6.07) is -0.381. The molecule has 1 aliphatic carbocycles. The van der Waals surface area contributed by atoms with Crippen molar-refractivity contribution in [3.8, 4) is 0 Å². The number of aryl methyl sites for hydroxylation is 1. The fourth-order valence-electron chi connectivity index (χ4n) is 3.86. The van der Waals surface area contributed by atoms with E-state index in [0.29, 0.717) is 25.9 Å². The lowest BCUT2D eigenvalue weighted by Gasteiger charge is -2.32. The summed E-state index contributed by atoms with van der Waals surface area (Å²) in [5.41, 5.74) is 0.986. The standard InChI is InChI=1S/C16H23F3N4O/c1-23-9-10(6-21-23)13-7-20-8-14(13)15(24)22-12-4-2-3-11(5-12)16(17,18)19/h6,9,11-14,20H,2-5,7-8H2,1H3,(H,22,24)/t11?,12?,13-,14+/m1/s1. The van der Waals surface area contributed by atoms with E-state index in [1.54, 1.807) is 10.9 Å². The van der Waals surface area contributed by atoms with Crippen molar-refractivity contribution in [1.29, 1.82) is 0 Å². The molecule has 1 saturated heterocycles. The first kappa shape index (κ1) is 17.3. The molecule has 1 aromatic heterocycles. The van der Waals surface area contributed by atoms with Crippen molar-refractivity contribution in [1.82, 2.24) is 20.4 Å². The van der Waals surface area contributed by atoms with Crippen LogP contribution in [0.2, 0.25) is 0 Å². The van der Waals surface area contributed by atoms with E-state index >= 15 is 0 Å². The van der Waals surface area contributed by atoms with Crippen LogP contribution >= 0.6 is 0 Å². The Morgan fingerprint density at radius 2 is 2.17 bits per heavy atom. The van der Waals surface area contributed by atoms with Gasteiger partial charge in [-0.05, 0) is 24.8 Å². The molecule has 4 atom stereocenters. The quantitative estimate of drug-likeness (QED) is 0.881. The number of nitrogens with one attached hydrogen (secondary N) is 2. The average molecular weight is 344 g/mol. The first-order valence-electron chi connectivity index (χ1n) is 8.41. The van der Waals surface area contributed by atoms with Gasteiger partial charge in [-0.3, -0.25) is 9.48 Å². The van der Waals surface area contributed by atoms with Crippen LogP contribution in [-0.2, 0) is 11.8 Å². The molecule has 2 fully saturated rings. The maximum absolute atomic E-state index is 12.9. The van der Waals surface area contributed by atoms with Crippen molar-refractivity contribution in [2.75, 3.05) is 13.1 Å². The zero-order valence-electron chi connectivity index (χ0n) is 13.6. The van der Waals surface area contributed by atoms with Gasteiger partial charge in [0.2, 0.25) is 5.91 Å². The molecule has 134 valence electrons. The number of carbonyl (C=O) groups excluding carboxylic acids is 1. The van der Waals surface area contributed by atoms with Crippen LogP contribution in [0, 0.1) is 11.8 Å². The molecular weight excluding hydrogens is 321 g/mol. The number of hydrogen-bond donors (Lipinski definition) is 2. The molecule has 1 aliphatic heterocycles. The summed E-state index contributed by atoms with van der Waals surface area (Å²) in [5.74, 6) is -1.70. The molecule has 0 radical (unpaired) electrons. The molecular formula is C16H23F3N4O. The Morgan fingerprint density at radius 1 is 1.38 bits per heavy atom. The van der Waals surface area contributed by atoms with Gasteiger partial charge in [0.25, 0.3) is 0 Å². The van der Waals surface area contributed by atoms with Gasteiger partial charge in [-0.2, -0.15) is 18.3 Å². The summed E-state index contributed by atoms with van der Waals surface area (Å²) in [6.45, 7) is 1.22. The normalized spacial score (nSPS) is 31.2. The van der Waals surface area contributed by atoms with Gasteiger partial charge in [-0.15, -0.1) is 0 Å². The molecule has 0 aromatic carbocycles. The molecule has 1 aromatic rings. The Morgan fingerprint density at radius 3 is 2.83 bits per heavy atom. The lowest BCUT2D eigenvalue weighted by Crippen LogP contribution is -2.45. The Kier molecular flexibility index (Phi) is 4.85. The predicted octanol–water partition coefficient (Wildman–Crippen LogP) is 1.96. The number of hydrogen-bond acceptors (Lipinski definition) is 3. The molecule has 1 saturated carbocycles. The van der Waals surface area contributed by atoms with Crippen molar-refractivity contribution in [3.63, 3.8) is 0 Å². The zero-order valence-corrected chi connectivity index (χ0v) is 13.6. The Hall–Kier alpha value is -1.57. The highest BCUT2D eigenvalue weighted by molar-refractivity contribution is 5.80. The molecule has 2 unspecified atom stereocenters. The monoisotopic (exact) mass is 344 g/mol. The maximum Gasteiger partial charge on any atom is 0.391 e. The number of rotatable bonds is 3. The van der Waals surface area contributed by atoms with Crippen LogP contribution in [0.15, 0.2) is 12.4 Å². The second kappa shape index (κ2) is 6.74. The highest BCUT2D eigenvalue weighted by Crippen LogP contribution is 2.38. The average Bonchev–Trinajstić information content (AvgIpc) is 3.15. The largest absolute Gasteiger partial charge is 0.391 e. The van der Waals surface area contributed by atoms with Crippen LogP contribution in [0.5, 0.6) is 0 Å². The molecule has 0 spiro atoms. The van der Waals surface area contributed by atoms with Gasteiger partial charge in [-0.1, -0.05) is 6.42 Å². The van der Waals surface area contributed by atoms with E-state index in [2.05, 4.69) is 15.7 Å². The van der Waals surface area contributed by atoms with E-state index < -0.39 is 12.1 Å². The first-order chi connectivity index (χ1) is 11.3. The summed E-state index contributed by atoms with van der Waals surface area (Å²) >= 11 is 0. The van der Waals surface area contributed by atoms with E-state index in [-0.39, 0.29) is 36.6 Å². The Balaban J connectivity index is 1.62. The molecule has 24 heavy (non-hydrogen) atoms. The van der Waals surface area contributed by atoms with E-state index in [4.69, 9.17) is 0 Å². The lowest BCUT2D eigenvalue weighted by molar-refractivity contribution is -0.184. The van der Waals surface area contributed by atoms with Crippen molar-refractivity contribution >= 4 is 5.91 Å². The van der Waals surface area contributed by atoms with Crippen LogP contribution in [0.25, 0.3) is 0 Å². The van der Waals surface area contributed by atoms with E-state index in [1.807, 2.05) is 13.2 Å². The third kappa shape index (κ3) is 3.74. The third-order valence-electron chi connectivity index (χ3n) is 5.19. The van der Waals surface area contributed by atoms with Crippen LogP contribution in [0.3, 0.4) is 0 Å². The van der Waals surface area contributed by atoms with Gasteiger partial charge >= 0.3 is 6.18 Å². The summed E-state index contributed by atoms with van der Waals surface area (Å²) in [4.78, 5) is 12.6. The lowest BCUT2D eigenvalue weighted by atomic mass is 9.84. The molecule has 8 heteroatoms. The molecule has 2 N–H and O–H groups in total. The third-order valence-corrected chi connectivity index (χ3v) is 5.19. The second-order valence-electron chi connectivity index (χ2n) is 6.93. The minimum absolute atomic E-state index is 0.00700. The molecule has 2 aliphatic rings. The maximum atomic E-state index is 12.9. The number of alkyl halides is 3. The predicted molar refractivity (Wildman–Crippen MR) is 82.3 cm³/mol. The Bertz CT molecular complexity index is 586. The molecule has 5 nitrogen and oxygen atoms in total. The van der Waals surface area contributed by atoms with E-state index in [9.17, 15) is 18.0 Å². The zero-order chi connectivity index (χ0) is 17.3. The topological polar surface area (TPSA) is 59.0 Å². The van der Waals surface area contributed by atoms with Crippen LogP contribution in [0.1, 0.15) is 37.2 Å². The SMILES string of the molecule is Cn1cc([C@H]2CNC[C@@H]2C(=O)NC2CCCC(C(F)(F)F)C2)cn1. The number of carbonyl (C=O) groups is 1. The second-order valence-corrected chi connectivity index (χ2v) is 6.93. The van der Waals surface area contributed by atoms with Crippen LogP contribution in [0.4, 0.5) is 13.2 Å². The fraction of sp³-hybridized carbons (Fsp3) is 0.750. The van der Waals surface area contributed by atoms with E-state index in [0.717, 1.165) is 5.56 Å². The highest BCUT2D eigenvalue weighted by atomic mass is 19.4. The number of halogens is 3. The van der Waals surface area contributed by atoms with Crippen molar-refractivity contribution in [2.24, 2.45) is 18.9 Å². The van der Waals surface area contributed by atoms with Crippen molar-refractivity contribution < 1.29 is 18.0 Å². The smallest absolute Gasteiger partial charge is 0.353 e. The molecule has 2 heterocycles. The number of amides is 1. The number of aromatic nitrogens is 2. The minimum Gasteiger partial charge on any atom is -0.353 e. The summed E-state index contributed by atoms with van der Waals surface area (Å²) < 4.78 is 40.4. The summed E-state index contributed by atoms with van der Waals surface area (Å²) in [5, 5.41) is 10.2.